The van der Waals surface area contributed by atoms with Gasteiger partial charge in [0.2, 0.25) is 6.29 Å². The van der Waals surface area contributed by atoms with Crippen molar-refractivity contribution in [1.82, 2.24) is 4.90 Å². The summed E-state index contributed by atoms with van der Waals surface area (Å²) in [5.41, 5.74) is 10.5. The van der Waals surface area contributed by atoms with Crippen LogP contribution in [0.25, 0.3) is 10.4 Å². The highest BCUT2D eigenvalue weighted by Crippen LogP contribution is 2.47. The van der Waals surface area contributed by atoms with Gasteiger partial charge in [-0.25, -0.2) is 4.79 Å². The number of nitrogens with zero attached hydrogens (tertiary/aromatic N) is 4. The van der Waals surface area contributed by atoms with E-state index in [0.717, 1.165) is 5.56 Å². The Labute approximate surface area is 241 Å². The maximum atomic E-state index is 13.0. The third-order valence-electron chi connectivity index (χ3n) is 8.33. The molecule has 0 aliphatic carbocycles. The average Bonchev–Trinajstić information content (AvgIpc) is 3.50. The van der Waals surface area contributed by atoms with Gasteiger partial charge in [0.05, 0.1) is 42.5 Å². The third-order valence-corrected chi connectivity index (χ3v) is 8.33. The van der Waals surface area contributed by atoms with E-state index in [9.17, 15) is 15.4 Å². The first kappa shape index (κ1) is 27.7. The first-order chi connectivity index (χ1) is 20.3. The van der Waals surface area contributed by atoms with Gasteiger partial charge < -0.3 is 38.3 Å². The number of hydrogen-bond donors (Lipinski definition) is 1. The zero-order valence-corrected chi connectivity index (χ0v) is 23.0. The van der Waals surface area contributed by atoms with Crippen LogP contribution in [0.1, 0.15) is 36.1 Å². The number of rotatable bonds is 7. The first-order valence-corrected chi connectivity index (χ1v) is 14.1. The largest absolute Gasteiger partial charge is 0.430 e. The molecule has 42 heavy (non-hydrogen) atoms. The molecular weight excluding hydrogens is 548 g/mol. The average molecular weight is 581 g/mol. The van der Waals surface area contributed by atoms with Crippen molar-refractivity contribution in [3.63, 3.8) is 0 Å². The number of aliphatic hydroxyl groups is 1. The minimum absolute atomic E-state index is 0.118. The van der Waals surface area contributed by atoms with Crippen molar-refractivity contribution in [1.29, 1.82) is 0 Å². The van der Waals surface area contributed by atoms with Crippen molar-refractivity contribution in [2.24, 2.45) is 5.11 Å². The fourth-order valence-electron chi connectivity index (χ4n) is 6.45. The molecule has 0 aromatic heterocycles. The number of fused-ring (bicyclic) bond motifs is 4. The van der Waals surface area contributed by atoms with Gasteiger partial charge >= 0.3 is 5.97 Å². The standard InChI is InChI=1S/C29H32N4O9/c1-29(2)41-24-19(31-32-30)22(38-28(24)42-29)17(34)13-33-20-21(33)27(40-25(35)15-9-5-3-6-10-15)37-18-14-36-26(39-23(18)20)16-11-7-4-8-12-16/h3-12,17-24,26-28,34H,13-14H2,1-2H3/t17-,18-,19+,20+,21-,22-,23-,24-,26+,27-,28-,33?/m1/s1. The number of esters is 1. The molecule has 13 nitrogen and oxygen atoms in total. The summed E-state index contributed by atoms with van der Waals surface area (Å²) in [6.07, 6.45) is -5.78. The minimum Gasteiger partial charge on any atom is -0.430 e. The lowest BCUT2D eigenvalue weighted by atomic mass is 10.0. The molecule has 0 bridgehead atoms. The molecule has 5 aliphatic heterocycles. The SMILES string of the molecule is CC1(C)O[C@H]2O[C@H]([C@H](O)CN3[C@@H]4[C@@H]5O[C@@H](c6ccccc6)OC[C@H]5O[C@H](OC(=O)c5ccccc5)[C@@H]43)[C@H](N=[N+]=[N-])[C@H]2O1. The van der Waals surface area contributed by atoms with Crippen LogP contribution in [-0.2, 0) is 33.2 Å². The van der Waals surface area contributed by atoms with Crippen LogP contribution < -0.4 is 0 Å². The molecule has 0 radical (unpaired) electrons. The topological polar surface area (TPSA) is 154 Å². The van der Waals surface area contributed by atoms with Gasteiger partial charge in [-0.1, -0.05) is 53.6 Å². The van der Waals surface area contributed by atoms with Gasteiger partial charge in [-0.3, -0.25) is 4.90 Å². The van der Waals surface area contributed by atoms with Gasteiger partial charge in [0.15, 0.2) is 18.4 Å². The lowest BCUT2D eigenvalue weighted by Crippen LogP contribution is -2.53. The van der Waals surface area contributed by atoms with Crippen LogP contribution in [0.15, 0.2) is 65.8 Å². The smallest absolute Gasteiger partial charge is 0.340 e. The maximum absolute atomic E-state index is 13.0. The highest BCUT2D eigenvalue weighted by molar-refractivity contribution is 5.89. The van der Waals surface area contributed by atoms with Crippen molar-refractivity contribution < 1.29 is 43.1 Å². The van der Waals surface area contributed by atoms with Crippen molar-refractivity contribution in [3.8, 4) is 0 Å². The second-order valence-corrected chi connectivity index (χ2v) is 11.5. The Bertz CT molecular complexity index is 1340. The number of carbonyl (C=O) groups is 1. The van der Waals surface area contributed by atoms with E-state index in [-0.39, 0.29) is 25.2 Å². The van der Waals surface area contributed by atoms with Gasteiger partial charge in [0.25, 0.3) is 0 Å². The molecule has 1 N–H and O–H groups in total. The quantitative estimate of drug-likeness (QED) is 0.170. The van der Waals surface area contributed by atoms with Crippen LogP contribution in [-0.4, -0.2) is 96.1 Å². The Balaban J connectivity index is 1.10. The fourth-order valence-corrected chi connectivity index (χ4v) is 6.45. The van der Waals surface area contributed by atoms with E-state index in [1.54, 1.807) is 38.1 Å². The highest BCUT2D eigenvalue weighted by atomic mass is 16.8. The van der Waals surface area contributed by atoms with E-state index in [1.165, 1.54) is 0 Å². The second-order valence-electron chi connectivity index (χ2n) is 11.5. The molecule has 5 aliphatic rings. The highest BCUT2D eigenvalue weighted by Gasteiger charge is 2.66. The van der Waals surface area contributed by atoms with Crippen LogP contribution >= 0.6 is 0 Å². The Kier molecular flexibility index (Phi) is 7.17. The normalized spacial score (nSPS) is 40.1. The molecule has 5 saturated heterocycles. The number of benzene rings is 2. The van der Waals surface area contributed by atoms with Gasteiger partial charge in [0, 0.05) is 17.0 Å². The molecule has 2 aromatic rings. The summed E-state index contributed by atoms with van der Waals surface area (Å²) in [6, 6.07) is 16.9. The van der Waals surface area contributed by atoms with Crippen molar-refractivity contribution in [3.05, 3.63) is 82.2 Å². The van der Waals surface area contributed by atoms with Crippen LogP contribution in [0, 0.1) is 0 Å². The molecule has 0 amide bonds. The molecular formula is C29H32N4O9. The van der Waals surface area contributed by atoms with E-state index in [2.05, 4.69) is 10.0 Å². The summed E-state index contributed by atoms with van der Waals surface area (Å²) >= 11 is 0. The van der Waals surface area contributed by atoms with E-state index >= 15 is 0 Å². The zero-order valence-electron chi connectivity index (χ0n) is 23.0. The first-order valence-electron chi connectivity index (χ1n) is 14.1. The molecule has 5 fully saturated rings. The fraction of sp³-hybridized carbons (Fsp3) is 0.552. The molecule has 222 valence electrons. The van der Waals surface area contributed by atoms with Gasteiger partial charge in [-0.15, -0.1) is 0 Å². The number of β-amino-alcohol motifs (C(OH)–C–C–N with tert-alkyl or cyclic N) is 1. The van der Waals surface area contributed by atoms with Gasteiger partial charge in [-0.2, -0.15) is 0 Å². The van der Waals surface area contributed by atoms with Crippen molar-refractivity contribution >= 4 is 5.97 Å². The predicted molar refractivity (Wildman–Crippen MR) is 142 cm³/mol. The zero-order chi connectivity index (χ0) is 29.0. The molecule has 7 rings (SSSR count). The van der Waals surface area contributed by atoms with Gasteiger partial charge in [-0.05, 0) is 31.5 Å². The van der Waals surface area contributed by atoms with E-state index in [4.69, 9.17) is 33.2 Å². The lowest BCUT2D eigenvalue weighted by Gasteiger charge is -2.40. The number of ether oxygens (including phenoxy) is 7. The summed E-state index contributed by atoms with van der Waals surface area (Å²) in [4.78, 5) is 17.9. The van der Waals surface area contributed by atoms with Crippen LogP contribution in [0.5, 0.6) is 0 Å². The summed E-state index contributed by atoms with van der Waals surface area (Å²) in [6.45, 7) is 3.85. The number of aliphatic hydroxyl groups excluding tert-OH is 1. The van der Waals surface area contributed by atoms with Crippen LogP contribution in [0.3, 0.4) is 0 Å². The Morgan fingerprint density at radius 1 is 1.07 bits per heavy atom. The molecule has 5 heterocycles. The van der Waals surface area contributed by atoms with Crippen molar-refractivity contribution in [2.75, 3.05) is 13.2 Å². The summed E-state index contributed by atoms with van der Waals surface area (Å²) in [7, 11) is 0. The summed E-state index contributed by atoms with van der Waals surface area (Å²) in [5.74, 6) is -1.42. The lowest BCUT2D eigenvalue weighted by molar-refractivity contribution is -0.300. The van der Waals surface area contributed by atoms with Crippen LogP contribution in [0.4, 0.5) is 0 Å². The second kappa shape index (κ2) is 10.9. The minimum atomic E-state index is -1.08. The molecule has 1 unspecified atom stereocenters. The molecule has 2 aromatic carbocycles. The summed E-state index contributed by atoms with van der Waals surface area (Å²) < 4.78 is 42.2. The Hall–Kier alpha value is -3.10. The summed E-state index contributed by atoms with van der Waals surface area (Å²) in [5, 5.41) is 15.3. The van der Waals surface area contributed by atoms with E-state index in [1.807, 2.05) is 41.3 Å². The number of hydrogen-bond acceptors (Lipinski definition) is 11. The monoisotopic (exact) mass is 580 g/mol. The van der Waals surface area contributed by atoms with E-state index < -0.39 is 67.2 Å². The third kappa shape index (κ3) is 5.06. The molecule has 13 heteroatoms. The number of carbonyl (C=O) groups excluding carboxylic acids is 1. The molecule has 12 atom stereocenters. The number of azide groups is 1. The van der Waals surface area contributed by atoms with Crippen LogP contribution in [0.2, 0.25) is 0 Å². The van der Waals surface area contributed by atoms with Crippen molar-refractivity contribution in [2.45, 2.75) is 87.2 Å². The predicted octanol–water partition coefficient (Wildman–Crippen LogP) is 2.65. The van der Waals surface area contributed by atoms with Gasteiger partial charge in [0.1, 0.15) is 18.3 Å². The maximum Gasteiger partial charge on any atom is 0.340 e. The molecule has 0 saturated carbocycles. The molecule has 0 spiro atoms. The Morgan fingerprint density at radius 2 is 1.81 bits per heavy atom. The Morgan fingerprint density at radius 3 is 2.55 bits per heavy atom. The van der Waals surface area contributed by atoms with E-state index in [0.29, 0.717) is 5.56 Å².